The van der Waals surface area contributed by atoms with Crippen LogP contribution in [0.25, 0.3) is 53.7 Å². The molecule has 7 rings (SSSR count). The molecule has 324 valence electrons. The summed E-state index contributed by atoms with van der Waals surface area (Å²) in [6.45, 7) is 21.3. The van der Waals surface area contributed by atoms with Crippen LogP contribution in [0, 0.1) is 30.6 Å². The van der Waals surface area contributed by atoms with Gasteiger partial charge in [-0.1, -0.05) is 162 Å². The number of unbranched alkanes of at least 4 members (excludes halogenated alkanes) is 13. The van der Waals surface area contributed by atoms with Gasteiger partial charge in [0.1, 0.15) is 11.0 Å². The Morgan fingerprint density at radius 3 is 1.52 bits per heavy atom. The van der Waals surface area contributed by atoms with E-state index in [4.69, 9.17) is 8.75 Å². The lowest BCUT2D eigenvalue weighted by molar-refractivity contribution is 0.528. The molecule has 0 N–H and O–H groups in total. The maximum absolute atomic E-state index is 4.79. The van der Waals surface area contributed by atoms with Gasteiger partial charge in [0.2, 0.25) is 0 Å². The van der Waals surface area contributed by atoms with Crippen LogP contribution in [-0.4, -0.2) is 13.3 Å². The second kappa shape index (κ2) is 20.5. The Morgan fingerprint density at radius 1 is 0.548 bits per heavy atom. The minimum atomic E-state index is -0.0433. The summed E-state index contributed by atoms with van der Waals surface area (Å²) in [5.41, 5.74) is 11.5. The fourth-order valence-corrected chi connectivity index (χ4v) is 11.1. The van der Waals surface area contributed by atoms with Crippen molar-refractivity contribution in [2.24, 2.45) is 0 Å². The number of hydrogen-bond acceptors (Lipinski definition) is 5. The Bertz CT molecular complexity index is 2750. The second-order valence-electron chi connectivity index (χ2n) is 19.4. The van der Waals surface area contributed by atoms with Gasteiger partial charge in [-0.15, -0.1) is 28.6 Å². The molecule has 0 fully saturated rings. The van der Waals surface area contributed by atoms with Crippen molar-refractivity contribution in [1.29, 1.82) is 0 Å². The molecule has 3 aromatic carbocycles. The van der Waals surface area contributed by atoms with Crippen molar-refractivity contribution in [1.82, 2.24) is 13.3 Å². The predicted octanol–water partition coefficient (Wildman–Crippen LogP) is 17.4. The number of nitrogens with zero attached hydrogens (tertiary/aromatic N) is 3. The van der Waals surface area contributed by atoms with Crippen LogP contribution < -0.4 is 0 Å². The third kappa shape index (κ3) is 10.8. The summed E-state index contributed by atoms with van der Waals surface area (Å²) >= 11 is 4.84. The van der Waals surface area contributed by atoms with E-state index in [1.165, 1.54) is 143 Å². The van der Waals surface area contributed by atoms with Gasteiger partial charge in [0.05, 0.1) is 27.6 Å². The Labute approximate surface area is 385 Å². The second-order valence-corrected chi connectivity index (χ2v) is 22.3. The van der Waals surface area contributed by atoms with E-state index in [1.807, 2.05) is 6.92 Å². The molecule has 3 nitrogen and oxygen atoms in total. The summed E-state index contributed by atoms with van der Waals surface area (Å²) in [6.07, 6.45) is 19.0. The standard InChI is InChI=1S/C56H67N3S3/c1-10-12-13-14-15-16-17-18-19-20-21-22-23-24-34-59-53-40(25-11-2)35-42(55(4,5)6)37-47(53)48-38-43(56(7,8)9)36-41(54(48)59)27-28-44-29-33-50(61-44)46-31-30-45(49-32-26-39(3)60-49)51-52(46)58-62-57-51/h26,29-33,35-38H,10,12-24,34H2,1-9H3. The molecule has 0 aliphatic rings. The first-order chi connectivity index (χ1) is 29.9. The van der Waals surface area contributed by atoms with Gasteiger partial charge in [-0.25, -0.2) is 0 Å². The fourth-order valence-electron chi connectivity index (χ4n) is 8.77. The van der Waals surface area contributed by atoms with Crippen LogP contribution in [-0.2, 0) is 17.4 Å². The highest BCUT2D eigenvalue weighted by atomic mass is 32.1. The van der Waals surface area contributed by atoms with E-state index in [0.29, 0.717) is 0 Å². The van der Waals surface area contributed by atoms with Crippen molar-refractivity contribution in [2.75, 3.05) is 0 Å². The molecule has 0 radical (unpaired) electrons. The van der Waals surface area contributed by atoms with Gasteiger partial charge in [-0.3, -0.25) is 0 Å². The van der Waals surface area contributed by atoms with Gasteiger partial charge in [-0.05, 0) is 90.8 Å². The minimum absolute atomic E-state index is 0.00787. The van der Waals surface area contributed by atoms with E-state index < -0.39 is 0 Å². The van der Waals surface area contributed by atoms with Crippen LogP contribution in [0.2, 0.25) is 0 Å². The topological polar surface area (TPSA) is 30.7 Å². The highest BCUT2D eigenvalue weighted by molar-refractivity contribution is 7.16. The molecular formula is C56H67N3S3. The summed E-state index contributed by atoms with van der Waals surface area (Å²) in [6, 6.07) is 22.8. The zero-order valence-corrected chi connectivity index (χ0v) is 41.4. The zero-order valence-electron chi connectivity index (χ0n) is 38.9. The highest BCUT2D eigenvalue weighted by Gasteiger charge is 2.24. The van der Waals surface area contributed by atoms with Crippen LogP contribution in [0.5, 0.6) is 0 Å². The molecule has 6 heteroatoms. The lowest BCUT2D eigenvalue weighted by Crippen LogP contribution is -2.11. The van der Waals surface area contributed by atoms with Gasteiger partial charge in [0.25, 0.3) is 0 Å². The van der Waals surface area contributed by atoms with Crippen molar-refractivity contribution < 1.29 is 0 Å². The van der Waals surface area contributed by atoms with E-state index >= 15 is 0 Å². The third-order valence-corrected chi connectivity index (χ3v) is 15.0. The van der Waals surface area contributed by atoms with Crippen molar-refractivity contribution in [3.63, 3.8) is 0 Å². The lowest BCUT2D eigenvalue weighted by Gasteiger charge is -2.20. The van der Waals surface area contributed by atoms with Gasteiger partial charge in [0, 0.05) is 54.2 Å². The number of aryl methyl sites for hydroxylation is 2. The SMILES string of the molecule is CC#Cc1cc(C(C)(C)C)cc2c3cc(C(C)(C)C)cc(C#Cc4ccc(-c5ccc(-c6ccc(C)s6)c6nsnc56)s4)c3n(CCCCCCCCCCCCCCCC)c12. The first-order valence-corrected chi connectivity index (χ1v) is 25.8. The average Bonchev–Trinajstić information content (AvgIpc) is 4.06. The number of aromatic nitrogens is 3. The maximum atomic E-state index is 4.79. The van der Waals surface area contributed by atoms with E-state index in [9.17, 15) is 0 Å². The molecule has 0 saturated heterocycles. The number of benzene rings is 3. The van der Waals surface area contributed by atoms with E-state index in [1.54, 1.807) is 22.7 Å². The quantitative estimate of drug-likeness (QED) is 0.0674. The Morgan fingerprint density at radius 2 is 1.03 bits per heavy atom. The molecule has 62 heavy (non-hydrogen) atoms. The van der Waals surface area contributed by atoms with Gasteiger partial charge in [0.15, 0.2) is 0 Å². The summed E-state index contributed by atoms with van der Waals surface area (Å²) in [5.74, 6) is 14.3. The number of thiophene rings is 2. The van der Waals surface area contributed by atoms with E-state index in [-0.39, 0.29) is 10.8 Å². The normalized spacial score (nSPS) is 12.0. The zero-order chi connectivity index (χ0) is 43.9. The molecule has 7 aromatic rings. The summed E-state index contributed by atoms with van der Waals surface area (Å²) in [4.78, 5) is 4.75. The molecule has 4 heterocycles. The highest BCUT2D eigenvalue weighted by Crippen LogP contribution is 2.41. The predicted molar refractivity (Wildman–Crippen MR) is 274 cm³/mol. The van der Waals surface area contributed by atoms with Crippen molar-refractivity contribution >= 4 is 67.2 Å². The summed E-state index contributed by atoms with van der Waals surface area (Å²) in [7, 11) is 0. The number of fused-ring (bicyclic) bond motifs is 4. The number of hydrogen-bond donors (Lipinski definition) is 0. The molecule has 0 amide bonds. The fraction of sp³-hybridized carbons (Fsp3) is 0.464. The molecular weight excluding hydrogens is 811 g/mol. The molecule has 0 saturated carbocycles. The average molecular weight is 878 g/mol. The Hall–Kier alpha value is -4.20. The molecule has 0 unspecified atom stereocenters. The lowest BCUT2D eigenvalue weighted by atomic mass is 9.83. The molecule has 0 atom stereocenters. The largest absolute Gasteiger partial charge is 0.338 e. The number of rotatable bonds is 17. The van der Waals surface area contributed by atoms with E-state index in [2.05, 4.69) is 144 Å². The van der Waals surface area contributed by atoms with Crippen LogP contribution in [0.15, 0.2) is 60.7 Å². The summed E-state index contributed by atoms with van der Waals surface area (Å²) in [5, 5.41) is 2.59. The molecule has 0 bridgehead atoms. The van der Waals surface area contributed by atoms with Crippen LogP contribution >= 0.6 is 34.4 Å². The van der Waals surface area contributed by atoms with Gasteiger partial charge >= 0.3 is 0 Å². The smallest absolute Gasteiger partial charge is 0.114 e. The van der Waals surface area contributed by atoms with Gasteiger partial charge < -0.3 is 4.57 Å². The third-order valence-electron chi connectivity index (χ3n) is 12.4. The van der Waals surface area contributed by atoms with E-state index in [0.717, 1.165) is 51.1 Å². The van der Waals surface area contributed by atoms with Crippen LogP contribution in [0.3, 0.4) is 0 Å². The van der Waals surface area contributed by atoms with Crippen molar-refractivity contribution in [3.05, 3.63) is 92.7 Å². The Balaban J connectivity index is 1.20. The first-order valence-electron chi connectivity index (χ1n) is 23.4. The summed E-state index contributed by atoms with van der Waals surface area (Å²) < 4.78 is 12.1. The van der Waals surface area contributed by atoms with Gasteiger partial charge in [-0.2, -0.15) is 8.75 Å². The first kappa shape index (κ1) is 45.8. The molecule has 0 aliphatic heterocycles. The van der Waals surface area contributed by atoms with Crippen LogP contribution in [0.1, 0.15) is 177 Å². The minimum Gasteiger partial charge on any atom is -0.338 e. The molecule has 4 aromatic heterocycles. The Kier molecular flexibility index (Phi) is 15.2. The molecule has 0 aliphatic carbocycles. The van der Waals surface area contributed by atoms with Crippen molar-refractivity contribution in [3.8, 4) is 44.6 Å². The monoisotopic (exact) mass is 877 g/mol. The van der Waals surface area contributed by atoms with Crippen molar-refractivity contribution in [2.45, 2.75) is 170 Å². The maximum Gasteiger partial charge on any atom is 0.114 e. The van der Waals surface area contributed by atoms with Crippen LogP contribution in [0.4, 0.5) is 0 Å². The molecule has 0 spiro atoms.